The zero-order valence-electron chi connectivity index (χ0n) is 11.2. The van der Waals surface area contributed by atoms with E-state index in [2.05, 4.69) is 5.32 Å². The summed E-state index contributed by atoms with van der Waals surface area (Å²) in [6, 6.07) is 5.55. The highest BCUT2D eigenvalue weighted by Crippen LogP contribution is 2.21. The van der Waals surface area contributed by atoms with E-state index < -0.39 is 0 Å². The van der Waals surface area contributed by atoms with Crippen LogP contribution in [0.15, 0.2) is 18.2 Å². The topological polar surface area (TPSA) is 64.4 Å². The number of piperidine rings is 1. The number of nitrogens with zero attached hydrogens (tertiary/aromatic N) is 1. The predicted octanol–water partition coefficient (Wildman–Crippen LogP) is 2.56. The van der Waals surface area contributed by atoms with Crippen LogP contribution in [0.4, 0.5) is 5.69 Å². The quantitative estimate of drug-likeness (QED) is 0.655. The second kappa shape index (κ2) is 6.63. The van der Waals surface area contributed by atoms with Gasteiger partial charge in [0.15, 0.2) is 0 Å². The van der Waals surface area contributed by atoms with Crippen molar-refractivity contribution in [1.82, 2.24) is 5.32 Å². The van der Waals surface area contributed by atoms with Crippen LogP contribution in [-0.4, -0.2) is 24.1 Å². The second-order valence-electron chi connectivity index (χ2n) is 4.98. The Labute approximate surface area is 113 Å². The fourth-order valence-corrected chi connectivity index (χ4v) is 2.40. The lowest BCUT2D eigenvalue weighted by Gasteiger charge is -2.23. The summed E-state index contributed by atoms with van der Waals surface area (Å²) in [4.78, 5) is 10.5. The first-order chi connectivity index (χ1) is 9.18. The highest BCUT2D eigenvalue weighted by atomic mass is 16.6. The first-order valence-electron chi connectivity index (χ1n) is 6.72. The van der Waals surface area contributed by atoms with Gasteiger partial charge in [-0.2, -0.15) is 0 Å². The van der Waals surface area contributed by atoms with Crippen molar-refractivity contribution < 1.29 is 9.66 Å². The Balaban J connectivity index is 1.88. The van der Waals surface area contributed by atoms with Crippen LogP contribution in [0.1, 0.15) is 30.4 Å². The molecule has 104 valence electrons. The highest BCUT2D eigenvalue weighted by Gasteiger charge is 2.15. The summed E-state index contributed by atoms with van der Waals surface area (Å²) >= 11 is 0. The molecule has 1 aliphatic heterocycles. The van der Waals surface area contributed by atoms with E-state index in [-0.39, 0.29) is 10.6 Å². The van der Waals surface area contributed by atoms with E-state index >= 15 is 0 Å². The number of hydrogen-bond donors (Lipinski definition) is 1. The molecule has 1 unspecified atom stereocenters. The maximum Gasteiger partial charge on any atom is 0.272 e. The third-order valence-electron chi connectivity index (χ3n) is 3.60. The number of nitro benzene ring substituents is 1. The molecule has 2 rings (SSSR count). The van der Waals surface area contributed by atoms with Gasteiger partial charge in [-0.15, -0.1) is 0 Å². The lowest BCUT2D eigenvalue weighted by atomic mass is 10.1. The molecule has 1 aromatic rings. The minimum Gasteiger partial charge on any atom is -0.375 e. The molecule has 0 aliphatic carbocycles. The van der Waals surface area contributed by atoms with Crippen molar-refractivity contribution in [3.05, 3.63) is 39.4 Å². The minimum absolute atomic E-state index is 0.164. The Morgan fingerprint density at radius 2 is 2.32 bits per heavy atom. The molecule has 0 saturated carbocycles. The standard InChI is InChI=1S/C14H20N2O3/c1-11-12(5-4-7-14(11)16(17)18)9-19-10-13-6-2-3-8-15-13/h4-5,7,13,15H,2-3,6,8-10H2,1H3. The van der Waals surface area contributed by atoms with Gasteiger partial charge in [0.2, 0.25) is 0 Å². The van der Waals surface area contributed by atoms with E-state index in [1.54, 1.807) is 13.0 Å². The van der Waals surface area contributed by atoms with Gasteiger partial charge in [0.1, 0.15) is 0 Å². The van der Waals surface area contributed by atoms with Gasteiger partial charge >= 0.3 is 0 Å². The van der Waals surface area contributed by atoms with Crippen molar-refractivity contribution in [2.24, 2.45) is 0 Å². The van der Waals surface area contributed by atoms with Gasteiger partial charge in [0.05, 0.1) is 18.1 Å². The van der Waals surface area contributed by atoms with Crippen molar-refractivity contribution in [3.8, 4) is 0 Å². The molecule has 0 radical (unpaired) electrons. The van der Waals surface area contributed by atoms with E-state index in [9.17, 15) is 10.1 Å². The second-order valence-corrected chi connectivity index (χ2v) is 4.98. The Kier molecular flexibility index (Phi) is 4.87. The van der Waals surface area contributed by atoms with Gasteiger partial charge in [-0.1, -0.05) is 18.6 Å². The smallest absolute Gasteiger partial charge is 0.272 e. The Morgan fingerprint density at radius 3 is 3.00 bits per heavy atom. The SMILES string of the molecule is Cc1c(COCC2CCCCN2)cccc1[N+](=O)[O-]. The molecule has 5 nitrogen and oxygen atoms in total. The highest BCUT2D eigenvalue weighted by molar-refractivity contribution is 5.44. The van der Waals surface area contributed by atoms with Crippen LogP contribution in [-0.2, 0) is 11.3 Å². The number of benzene rings is 1. The molecule has 0 bridgehead atoms. The van der Waals surface area contributed by atoms with Gasteiger partial charge in [-0.25, -0.2) is 0 Å². The van der Waals surface area contributed by atoms with Crippen molar-refractivity contribution in [2.75, 3.05) is 13.2 Å². The van der Waals surface area contributed by atoms with E-state index in [4.69, 9.17) is 4.74 Å². The molecular formula is C14H20N2O3. The van der Waals surface area contributed by atoms with Gasteiger partial charge in [-0.3, -0.25) is 10.1 Å². The third-order valence-corrected chi connectivity index (χ3v) is 3.60. The Hall–Kier alpha value is -1.46. The first-order valence-corrected chi connectivity index (χ1v) is 6.72. The maximum absolute atomic E-state index is 10.8. The molecule has 0 amide bonds. The summed E-state index contributed by atoms with van der Waals surface area (Å²) in [5.41, 5.74) is 1.76. The van der Waals surface area contributed by atoms with E-state index in [0.717, 1.165) is 18.5 Å². The maximum atomic E-state index is 10.8. The fraction of sp³-hybridized carbons (Fsp3) is 0.571. The summed E-state index contributed by atoms with van der Waals surface area (Å²) in [5.74, 6) is 0. The molecule has 1 aromatic carbocycles. The third kappa shape index (κ3) is 3.75. The number of nitro groups is 1. The number of nitrogens with one attached hydrogen (secondary N) is 1. The van der Waals surface area contributed by atoms with Crippen LogP contribution in [0.2, 0.25) is 0 Å². The van der Waals surface area contributed by atoms with Crippen molar-refractivity contribution in [1.29, 1.82) is 0 Å². The molecular weight excluding hydrogens is 244 g/mol. The minimum atomic E-state index is -0.346. The molecule has 1 fully saturated rings. The Bertz CT molecular complexity index is 442. The van der Waals surface area contributed by atoms with Crippen LogP contribution >= 0.6 is 0 Å². The molecule has 1 aliphatic rings. The molecule has 1 N–H and O–H groups in total. The Morgan fingerprint density at radius 1 is 1.47 bits per heavy atom. The number of rotatable bonds is 5. The lowest BCUT2D eigenvalue weighted by molar-refractivity contribution is -0.385. The van der Waals surface area contributed by atoms with Crippen LogP contribution < -0.4 is 5.32 Å². The predicted molar refractivity (Wildman–Crippen MR) is 73.1 cm³/mol. The molecule has 0 aromatic heterocycles. The molecule has 5 heteroatoms. The average Bonchev–Trinajstić information content (AvgIpc) is 2.41. The normalized spacial score (nSPS) is 19.3. The molecule has 1 atom stereocenters. The first kappa shape index (κ1) is 14.0. The zero-order valence-corrected chi connectivity index (χ0v) is 11.2. The number of hydrogen-bond acceptors (Lipinski definition) is 4. The summed E-state index contributed by atoms with van der Waals surface area (Å²) in [6.45, 7) is 3.94. The van der Waals surface area contributed by atoms with Crippen LogP contribution in [0.25, 0.3) is 0 Å². The van der Waals surface area contributed by atoms with Crippen LogP contribution in [0.3, 0.4) is 0 Å². The molecule has 1 saturated heterocycles. The summed E-state index contributed by atoms with van der Waals surface area (Å²) in [7, 11) is 0. The average molecular weight is 264 g/mol. The lowest BCUT2D eigenvalue weighted by Crippen LogP contribution is -2.37. The van der Waals surface area contributed by atoms with Gasteiger partial charge in [0, 0.05) is 17.7 Å². The van der Waals surface area contributed by atoms with Crippen LogP contribution in [0, 0.1) is 17.0 Å². The van der Waals surface area contributed by atoms with Crippen LogP contribution in [0.5, 0.6) is 0 Å². The fourth-order valence-electron chi connectivity index (χ4n) is 2.40. The largest absolute Gasteiger partial charge is 0.375 e. The van der Waals surface area contributed by atoms with Crippen molar-refractivity contribution >= 4 is 5.69 Å². The summed E-state index contributed by atoms with van der Waals surface area (Å²) in [5, 5.41) is 14.3. The van der Waals surface area contributed by atoms with Gasteiger partial charge in [0.25, 0.3) is 5.69 Å². The van der Waals surface area contributed by atoms with E-state index in [1.165, 1.54) is 18.9 Å². The van der Waals surface area contributed by atoms with E-state index in [1.807, 2.05) is 6.07 Å². The van der Waals surface area contributed by atoms with Crippen molar-refractivity contribution in [3.63, 3.8) is 0 Å². The molecule has 0 spiro atoms. The monoisotopic (exact) mass is 264 g/mol. The molecule has 1 heterocycles. The molecule has 19 heavy (non-hydrogen) atoms. The summed E-state index contributed by atoms with van der Waals surface area (Å²) in [6.07, 6.45) is 3.63. The van der Waals surface area contributed by atoms with Gasteiger partial charge < -0.3 is 10.1 Å². The number of ether oxygens (including phenoxy) is 1. The van der Waals surface area contributed by atoms with E-state index in [0.29, 0.717) is 24.8 Å². The van der Waals surface area contributed by atoms with Gasteiger partial charge in [-0.05, 0) is 31.9 Å². The van der Waals surface area contributed by atoms with Crippen molar-refractivity contribution in [2.45, 2.75) is 38.8 Å². The zero-order chi connectivity index (χ0) is 13.7. The summed E-state index contributed by atoms with van der Waals surface area (Å²) < 4.78 is 5.69.